The van der Waals surface area contributed by atoms with Crippen LogP contribution in [0.5, 0.6) is 0 Å². The van der Waals surface area contributed by atoms with E-state index < -0.39 is 25.4 Å². The third-order valence-corrected chi connectivity index (χ3v) is 10.5. The number of aryl methyl sites for hydroxylation is 1. The standard InChI is InChI=1S/C29H34ClNO5S2/c1-7-38(35,36)18-20-8-13-23(28(33)21-9-11-22(30)12-10-21)25(14-20)26-16-31(6)27(32)15-24(26)19(2)17-37(34)29(3,4)5/h8-16,19H,7,17-18H2,1-6H3/t19-,37-/m1/s1. The lowest BCUT2D eigenvalue weighted by molar-refractivity contribution is 0.103. The minimum atomic E-state index is -3.33. The van der Waals surface area contributed by atoms with Crippen molar-refractivity contribution in [2.75, 3.05) is 11.5 Å². The molecule has 2 atom stereocenters. The fourth-order valence-electron chi connectivity index (χ4n) is 4.06. The molecule has 0 N–H and O–H groups in total. The molecule has 3 aromatic rings. The summed E-state index contributed by atoms with van der Waals surface area (Å²) >= 11 is 6.02. The van der Waals surface area contributed by atoms with Crippen LogP contribution in [0.4, 0.5) is 0 Å². The number of carbonyl (C=O) groups is 1. The molecule has 38 heavy (non-hydrogen) atoms. The number of aromatic nitrogens is 1. The van der Waals surface area contributed by atoms with Crippen LogP contribution in [-0.4, -0.2) is 39.2 Å². The SMILES string of the molecule is CCS(=O)(=O)Cc1ccc(C(=O)c2ccc(Cl)cc2)c(-c2cn(C)c(=O)cc2[C@H](C)C[S@@](=O)C(C)(C)C)c1. The summed E-state index contributed by atoms with van der Waals surface area (Å²) in [5, 5.41) is 0.503. The molecule has 0 aliphatic carbocycles. The van der Waals surface area contributed by atoms with Crippen LogP contribution in [0.2, 0.25) is 5.02 Å². The lowest BCUT2D eigenvalue weighted by Crippen LogP contribution is -2.27. The van der Waals surface area contributed by atoms with Gasteiger partial charge in [0.2, 0.25) is 0 Å². The number of sulfone groups is 1. The summed E-state index contributed by atoms with van der Waals surface area (Å²) in [6.45, 7) is 9.22. The smallest absolute Gasteiger partial charge is 0.250 e. The summed E-state index contributed by atoms with van der Waals surface area (Å²) < 4.78 is 38.8. The summed E-state index contributed by atoms with van der Waals surface area (Å²) in [6.07, 6.45) is 1.67. The molecule has 0 amide bonds. The molecule has 1 aromatic heterocycles. The summed E-state index contributed by atoms with van der Waals surface area (Å²) in [5.74, 6) is -0.369. The van der Waals surface area contributed by atoms with Crippen molar-refractivity contribution >= 4 is 38.0 Å². The topological polar surface area (TPSA) is 90.3 Å². The van der Waals surface area contributed by atoms with Crippen LogP contribution in [-0.2, 0) is 33.4 Å². The fraction of sp³-hybridized carbons (Fsp3) is 0.379. The molecule has 0 saturated carbocycles. The zero-order chi connectivity index (χ0) is 28.4. The number of pyridine rings is 1. The van der Waals surface area contributed by atoms with E-state index in [0.29, 0.717) is 44.2 Å². The summed E-state index contributed by atoms with van der Waals surface area (Å²) in [7, 11) is -2.88. The van der Waals surface area contributed by atoms with Gasteiger partial charge in [0, 0.05) is 68.1 Å². The van der Waals surface area contributed by atoms with Crippen molar-refractivity contribution in [2.45, 2.75) is 51.0 Å². The van der Waals surface area contributed by atoms with Gasteiger partial charge in [-0.1, -0.05) is 37.6 Å². The summed E-state index contributed by atoms with van der Waals surface area (Å²) in [6, 6.07) is 13.1. The Balaban J connectivity index is 2.27. The summed E-state index contributed by atoms with van der Waals surface area (Å²) in [5.41, 5.74) is 2.91. The van der Waals surface area contributed by atoms with E-state index in [-0.39, 0.29) is 28.8 Å². The lowest BCUT2D eigenvalue weighted by atomic mass is 9.88. The van der Waals surface area contributed by atoms with Gasteiger partial charge in [-0.15, -0.1) is 0 Å². The monoisotopic (exact) mass is 575 g/mol. The fourth-order valence-corrected chi connectivity index (χ4v) is 6.21. The van der Waals surface area contributed by atoms with Gasteiger partial charge < -0.3 is 4.57 Å². The molecule has 0 aliphatic heterocycles. The molecule has 2 aromatic carbocycles. The van der Waals surface area contributed by atoms with Gasteiger partial charge in [0.25, 0.3) is 5.56 Å². The van der Waals surface area contributed by atoms with E-state index in [2.05, 4.69) is 0 Å². The first-order valence-electron chi connectivity index (χ1n) is 12.4. The number of hydrogen-bond donors (Lipinski definition) is 0. The van der Waals surface area contributed by atoms with Crippen molar-refractivity contribution in [3.63, 3.8) is 0 Å². The summed E-state index contributed by atoms with van der Waals surface area (Å²) in [4.78, 5) is 26.4. The highest BCUT2D eigenvalue weighted by atomic mass is 35.5. The molecule has 204 valence electrons. The normalized spacial score (nSPS) is 13.8. The number of halogens is 1. The van der Waals surface area contributed by atoms with Gasteiger partial charge in [-0.3, -0.25) is 13.8 Å². The van der Waals surface area contributed by atoms with Crippen molar-refractivity contribution in [1.82, 2.24) is 4.57 Å². The number of ketones is 1. The van der Waals surface area contributed by atoms with Gasteiger partial charge in [0.15, 0.2) is 15.6 Å². The minimum Gasteiger partial charge on any atom is -0.318 e. The van der Waals surface area contributed by atoms with Crippen molar-refractivity contribution in [3.8, 4) is 11.1 Å². The molecular weight excluding hydrogens is 542 g/mol. The maximum atomic E-state index is 13.7. The Bertz CT molecular complexity index is 1530. The van der Waals surface area contributed by atoms with Gasteiger partial charge >= 0.3 is 0 Å². The second-order valence-electron chi connectivity index (χ2n) is 10.5. The molecule has 3 rings (SSSR count). The predicted molar refractivity (Wildman–Crippen MR) is 156 cm³/mol. The first kappa shape index (κ1) is 30.0. The Hall–Kier alpha value is -2.55. The van der Waals surface area contributed by atoms with Crippen LogP contribution >= 0.6 is 11.6 Å². The first-order valence-corrected chi connectivity index (χ1v) is 15.9. The number of carbonyl (C=O) groups excluding carboxylic acids is 1. The van der Waals surface area contributed by atoms with Crippen molar-refractivity contribution in [3.05, 3.63) is 92.4 Å². The zero-order valence-corrected chi connectivity index (χ0v) is 25.0. The second kappa shape index (κ2) is 11.7. The van der Waals surface area contributed by atoms with Crippen LogP contribution in [0.15, 0.2) is 59.5 Å². The average molecular weight is 576 g/mol. The molecule has 6 nitrogen and oxygen atoms in total. The molecule has 0 bridgehead atoms. The number of nitrogens with zero attached hydrogens (tertiary/aromatic N) is 1. The number of benzene rings is 2. The number of rotatable bonds is 9. The van der Waals surface area contributed by atoms with Gasteiger partial charge in [-0.25, -0.2) is 8.42 Å². The molecule has 0 aliphatic rings. The van der Waals surface area contributed by atoms with Crippen LogP contribution in [0.25, 0.3) is 11.1 Å². The molecule has 1 heterocycles. The maximum absolute atomic E-state index is 13.7. The first-order chi connectivity index (χ1) is 17.6. The van der Waals surface area contributed by atoms with Gasteiger partial charge in [-0.2, -0.15) is 0 Å². The van der Waals surface area contributed by atoms with Gasteiger partial charge in [-0.05, 0) is 73.7 Å². The Labute approximate surface area is 232 Å². The van der Waals surface area contributed by atoms with E-state index >= 15 is 0 Å². The zero-order valence-electron chi connectivity index (χ0n) is 22.6. The lowest BCUT2D eigenvalue weighted by Gasteiger charge is -2.23. The van der Waals surface area contributed by atoms with E-state index in [1.807, 2.05) is 27.7 Å². The largest absolute Gasteiger partial charge is 0.318 e. The molecule has 0 radical (unpaired) electrons. The van der Waals surface area contributed by atoms with E-state index in [0.717, 1.165) is 0 Å². The van der Waals surface area contributed by atoms with Gasteiger partial charge in [0.1, 0.15) is 0 Å². The van der Waals surface area contributed by atoms with Crippen LogP contribution in [0.1, 0.15) is 67.6 Å². The van der Waals surface area contributed by atoms with E-state index in [1.165, 1.54) is 10.6 Å². The predicted octanol–water partition coefficient (Wildman–Crippen LogP) is 5.52. The molecule has 0 unspecified atom stereocenters. The van der Waals surface area contributed by atoms with E-state index in [4.69, 9.17) is 11.6 Å². The van der Waals surface area contributed by atoms with Crippen molar-refractivity contribution in [1.29, 1.82) is 0 Å². The van der Waals surface area contributed by atoms with Crippen LogP contribution in [0, 0.1) is 0 Å². The van der Waals surface area contributed by atoms with Gasteiger partial charge in [0.05, 0.1) is 5.75 Å². The Morgan fingerprint density at radius 2 is 1.68 bits per heavy atom. The molecule has 0 spiro atoms. The minimum absolute atomic E-state index is 0.00543. The molecule has 0 fully saturated rings. The quantitative estimate of drug-likeness (QED) is 0.313. The third kappa shape index (κ3) is 7.10. The molecular formula is C29H34ClNO5S2. The second-order valence-corrected chi connectivity index (χ2v) is 15.5. The average Bonchev–Trinajstić information content (AvgIpc) is 2.84. The highest BCUT2D eigenvalue weighted by Crippen LogP contribution is 2.34. The van der Waals surface area contributed by atoms with E-state index in [9.17, 15) is 22.2 Å². The Morgan fingerprint density at radius 3 is 2.26 bits per heavy atom. The number of hydrogen-bond acceptors (Lipinski definition) is 5. The molecule has 9 heteroatoms. The highest BCUT2D eigenvalue weighted by Gasteiger charge is 2.26. The Kier molecular flexibility index (Phi) is 9.22. The van der Waals surface area contributed by atoms with Crippen molar-refractivity contribution in [2.24, 2.45) is 7.05 Å². The Morgan fingerprint density at radius 1 is 1.05 bits per heavy atom. The van der Waals surface area contributed by atoms with Crippen molar-refractivity contribution < 1.29 is 17.4 Å². The third-order valence-electron chi connectivity index (χ3n) is 6.43. The van der Waals surface area contributed by atoms with E-state index in [1.54, 1.807) is 62.6 Å². The maximum Gasteiger partial charge on any atom is 0.250 e. The molecule has 0 saturated heterocycles. The van der Waals surface area contributed by atoms with Crippen LogP contribution in [0.3, 0.4) is 0 Å². The highest BCUT2D eigenvalue weighted by molar-refractivity contribution is 7.90. The van der Waals surface area contributed by atoms with Crippen LogP contribution < -0.4 is 5.56 Å².